The molecule has 148 valence electrons. The predicted octanol–water partition coefficient (Wildman–Crippen LogP) is 2.78. The van der Waals surface area contributed by atoms with Crippen molar-refractivity contribution in [2.24, 2.45) is 5.41 Å². The SMILES string of the molecule is O=C(c1ccc(=O)[nH]c1)N1CC[C@]2(CCCN(Cc3cccc(F)c3F)C2)C1. The first-order valence-electron chi connectivity index (χ1n) is 9.59. The van der Waals surface area contributed by atoms with Crippen LogP contribution in [0.1, 0.15) is 35.2 Å². The molecular formula is C21H23F2N3O2. The molecule has 28 heavy (non-hydrogen) atoms. The quantitative estimate of drug-likeness (QED) is 0.881. The lowest BCUT2D eigenvalue weighted by Crippen LogP contribution is -2.45. The van der Waals surface area contributed by atoms with Gasteiger partial charge >= 0.3 is 0 Å². The number of pyridine rings is 1. The summed E-state index contributed by atoms with van der Waals surface area (Å²) in [6.07, 6.45) is 4.34. The van der Waals surface area contributed by atoms with Crippen LogP contribution >= 0.6 is 0 Å². The number of halogens is 2. The topological polar surface area (TPSA) is 56.4 Å². The second-order valence-electron chi connectivity index (χ2n) is 7.95. The number of aromatic nitrogens is 1. The largest absolute Gasteiger partial charge is 0.338 e. The van der Waals surface area contributed by atoms with Gasteiger partial charge in [-0.05, 0) is 37.9 Å². The van der Waals surface area contributed by atoms with Crippen LogP contribution in [0.15, 0.2) is 41.3 Å². The van der Waals surface area contributed by atoms with E-state index in [9.17, 15) is 18.4 Å². The molecule has 2 aliphatic rings. The number of hydrogen-bond donors (Lipinski definition) is 1. The molecular weight excluding hydrogens is 364 g/mol. The first-order valence-corrected chi connectivity index (χ1v) is 9.59. The van der Waals surface area contributed by atoms with Gasteiger partial charge in [0.1, 0.15) is 0 Å². The molecule has 7 heteroatoms. The Morgan fingerprint density at radius 3 is 2.75 bits per heavy atom. The minimum Gasteiger partial charge on any atom is -0.338 e. The maximum absolute atomic E-state index is 14.0. The smallest absolute Gasteiger partial charge is 0.255 e. The molecule has 1 atom stereocenters. The maximum Gasteiger partial charge on any atom is 0.255 e. The van der Waals surface area contributed by atoms with Crippen LogP contribution in [-0.2, 0) is 6.54 Å². The first kappa shape index (κ1) is 18.8. The highest BCUT2D eigenvalue weighted by molar-refractivity contribution is 5.94. The van der Waals surface area contributed by atoms with Crippen molar-refractivity contribution in [1.82, 2.24) is 14.8 Å². The van der Waals surface area contributed by atoms with E-state index in [0.717, 1.165) is 38.4 Å². The molecule has 2 fully saturated rings. The predicted molar refractivity (Wildman–Crippen MR) is 101 cm³/mol. The van der Waals surface area contributed by atoms with Crippen molar-refractivity contribution in [3.8, 4) is 0 Å². The van der Waals surface area contributed by atoms with Gasteiger partial charge in [-0.15, -0.1) is 0 Å². The van der Waals surface area contributed by atoms with E-state index in [-0.39, 0.29) is 16.9 Å². The van der Waals surface area contributed by atoms with Crippen molar-refractivity contribution < 1.29 is 13.6 Å². The molecule has 1 N–H and O–H groups in total. The maximum atomic E-state index is 14.0. The van der Waals surface area contributed by atoms with Crippen LogP contribution in [0.4, 0.5) is 8.78 Å². The second kappa shape index (κ2) is 7.47. The number of aromatic amines is 1. The lowest BCUT2D eigenvalue weighted by Gasteiger charge is -2.40. The van der Waals surface area contributed by atoms with Gasteiger partial charge < -0.3 is 9.88 Å². The molecule has 2 aromatic rings. The number of carbonyl (C=O) groups excluding carboxylic acids is 1. The molecule has 0 bridgehead atoms. The van der Waals surface area contributed by atoms with Gasteiger partial charge in [-0.3, -0.25) is 14.5 Å². The van der Waals surface area contributed by atoms with Crippen molar-refractivity contribution in [2.75, 3.05) is 26.2 Å². The van der Waals surface area contributed by atoms with Gasteiger partial charge in [-0.1, -0.05) is 12.1 Å². The summed E-state index contributed by atoms with van der Waals surface area (Å²) in [4.78, 5) is 30.5. The summed E-state index contributed by atoms with van der Waals surface area (Å²) >= 11 is 0. The third-order valence-corrected chi connectivity index (χ3v) is 5.92. The third kappa shape index (κ3) is 3.71. The van der Waals surface area contributed by atoms with E-state index in [1.165, 1.54) is 18.3 Å². The fraction of sp³-hybridized carbons (Fsp3) is 0.429. The molecule has 0 unspecified atom stereocenters. The molecule has 3 heterocycles. The fourth-order valence-electron chi connectivity index (χ4n) is 4.52. The van der Waals surface area contributed by atoms with Crippen LogP contribution in [0.3, 0.4) is 0 Å². The summed E-state index contributed by atoms with van der Waals surface area (Å²) in [6, 6.07) is 7.20. The van der Waals surface area contributed by atoms with Crippen LogP contribution in [-0.4, -0.2) is 46.9 Å². The molecule has 1 spiro atoms. The Hall–Kier alpha value is -2.54. The first-order chi connectivity index (χ1) is 13.5. The average Bonchev–Trinajstić information content (AvgIpc) is 3.09. The van der Waals surface area contributed by atoms with Crippen LogP contribution in [0, 0.1) is 17.0 Å². The van der Waals surface area contributed by atoms with Crippen LogP contribution in [0.2, 0.25) is 0 Å². The summed E-state index contributed by atoms with van der Waals surface area (Å²) in [5.41, 5.74) is 0.601. The van der Waals surface area contributed by atoms with Gasteiger partial charge in [0.25, 0.3) is 5.91 Å². The highest BCUT2D eigenvalue weighted by Crippen LogP contribution is 2.39. The van der Waals surface area contributed by atoms with Gasteiger partial charge in [-0.25, -0.2) is 8.78 Å². The van der Waals surface area contributed by atoms with Gasteiger partial charge in [0.05, 0.1) is 5.56 Å². The molecule has 4 rings (SSSR count). The molecule has 2 saturated heterocycles. The normalized spacial score (nSPS) is 22.7. The molecule has 1 aromatic carbocycles. The van der Waals surface area contributed by atoms with Crippen molar-refractivity contribution >= 4 is 5.91 Å². The zero-order chi connectivity index (χ0) is 19.7. The molecule has 2 aliphatic heterocycles. The summed E-state index contributed by atoms with van der Waals surface area (Å²) in [5, 5.41) is 0. The molecule has 0 saturated carbocycles. The monoisotopic (exact) mass is 387 g/mol. The zero-order valence-corrected chi connectivity index (χ0v) is 15.6. The lowest BCUT2D eigenvalue weighted by atomic mass is 9.79. The van der Waals surface area contributed by atoms with Crippen molar-refractivity contribution in [2.45, 2.75) is 25.8 Å². The molecule has 1 amide bonds. The Kier molecular flexibility index (Phi) is 5.02. The Morgan fingerprint density at radius 2 is 1.96 bits per heavy atom. The number of carbonyl (C=O) groups is 1. The standard InChI is InChI=1S/C21H23F2N3O2/c22-17-4-1-3-16(19(17)23)12-25-9-2-7-21(13-25)8-10-26(14-21)20(28)15-5-6-18(27)24-11-15/h1,3-6,11H,2,7-10,12-14H2,(H,24,27)/t21-/m0/s1. The second-order valence-corrected chi connectivity index (χ2v) is 7.95. The summed E-state index contributed by atoms with van der Waals surface area (Å²) < 4.78 is 27.5. The number of nitrogens with zero attached hydrogens (tertiary/aromatic N) is 2. The molecule has 1 aromatic heterocycles. The number of likely N-dealkylation sites (tertiary alicyclic amines) is 2. The van der Waals surface area contributed by atoms with E-state index >= 15 is 0 Å². The lowest BCUT2D eigenvalue weighted by molar-refractivity contribution is 0.0672. The van der Waals surface area contributed by atoms with E-state index in [1.54, 1.807) is 12.1 Å². The number of piperidine rings is 1. The number of amides is 1. The van der Waals surface area contributed by atoms with Gasteiger partial charge in [0, 0.05) is 49.4 Å². The van der Waals surface area contributed by atoms with Crippen molar-refractivity contribution in [3.63, 3.8) is 0 Å². The minimum atomic E-state index is -0.817. The number of H-pyrrole nitrogens is 1. The highest BCUT2D eigenvalue weighted by atomic mass is 19.2. The highest BCUT2D eigenvalue weighted by Gasteiger charge is 2.43. The summed E-state index contributed by atoms with van der Waals surface area (Å²) in [7, 11) is 0. The molecule has 0 aliphatic carbocycles. The fourth-order valence-corrected chi connectivity index (χ4v) is 4.52. The van der Waals surface area contributed by atoms with E-state index in [1.807, 2.05) is 4.90 Å². The van der Waals surface area contributed by atoms with Crippen molar-refractivity contribution in [1.29, 1.82) is 0 Å². The number of hydrogen-bond acceptors (Lipinski definition) is 3. The number of rotatable bonds is 3. The Labute approximate surface area is 162 Å². The summed E-state index contributed by atoms with van der Waals surface area (Å²) in [6.45, 7) is 3.29. The van der Waals surface area contributed by atoms with Crippen LogP contribution < -0.4 is 5.56 Å². The van der Waals surface area contributed by atoms with Gasteiger partial charge in [-0.2, -0.15) is 0 Å². The van der Waals surface area contributed by atoms with Crippen LogP contribution in [0.5, 0.6) is 0 Å². The van der Waals surface area contributed by atoms with Gasteiger partial charge in [0.2, 0.25) is 5.56 Å². The number of benzene rings is 1. The van der Waals surface area contributed by atoms with Crippen LogP contribution in [0.25, 0.3) is 0 Å². The number of nitrogens with one attached hydrogen (secondary N) is 1. The Balaban J connectivity index is 1.44. The van der Waals surface area contributed by atoms with E-state index < -0.39 is 11.6 Å². The molecule has 0 radical (unpaired) electrons. The van der Waals surface area contributed by atoms with E-state index in [4.69, 9.17) is 0 Å². The summed E-state index contributed by atoms with van der Waals surface area (Å²) in [5.74, 6) is -1.67. The van der Waals surface area contributed by atoms with E-state index in [2.05, 4.69) is 9.88 Å². The third-order valence-electron chi connectivity index (χ3n) is 5.92. The van der Waals surface area contributed by atoms with E-state index in [0.29, 0.717) is 30.8 Å². The Bertz CT molecular complexity index is 925. The van der Waals surface area contributed by atoms with Gasteiger partial charge in [0.15, 0.2) is 11.6 Å². The Morgan fingerprint density at radius 1 is 1.11 bits per heavy atom. The minimum absolute atomic E-state index is 0.0140. The zero-order valence-electron chi connectivity index (χ0n) is 15.6. The van der Waals surface area contributed by atoms with Crippen molar-refractivity contribution in [3.05, 3.63) is 69.6 Å². The average molecular weight is 387 g/mol. The molecule has 5 nitrogen and oxygen atoms in total.